The molecule has 0 radical (unpaired) electrons. The predicted octanol–water partition coefficient (Wildman–Crippen LogP) is 3.64. The maximum Gasteiger partial charge on any atom is 0.269 e. The topological polar surface area (TPSA) is 72.6 Å². The number of aliphatic hydroxyl groups is 1. The van der Waals surface area contributed by atoms with Gasteiger partial charge in [-0.05, 0) is 17.7 Å². The van der Waals surface area contributed by atoms with Crippen molar-refractivity contribution >= 4 is 21.6 Å². The Balaban J connectivity index is 2.17. The third kappa shape index (κ3) is 3.80. The fourth-order valence-electron chi connectivity index (χ4n) is 2.05. The summed E-state index contributed by atoms with van der Waals surface area (Å²) in [5.74, 6) is 0.596. The molecule has 1 unspecified atom stereocenters. The first-order valence-corrected chi connectivity index (χ1v) is 7.05. The van der Waals surface area contributed by atoms with E-state index < -0.39 is 11.0 Å². The number of nitro benzene ring substituents is 1. The molecular weight excluding hydrogens is 338 g/mol. The Morgan fingerprint density at radius 3 is 2.52 bits per heavy atom. The van der Waals surface area contributed by atoms with Crippen LogP contribution in [0.25, 0.3) is 0 Å². The second-order valence-electron chi connectivity index (χ2n) is 4.53. The van der Waals surface area contributed by atoms with Gasteiger partial charge in [0.25, 0.3) is 5.69 Å². The zero-order chi connectivity index (χ0) is 15.4. The first-order valence-electron chi connectivity index (χ1n) is 6.26. The van der Waals surface area contributed by atoms with Crippen molar-refractivity contribution in [3.8, 4) is 5.75 Å². The molecule has 0 aliphatic carbocycles. The lowest BCUT2D eigenvalue weighted by atomic mass is 10.0. The van der Waals surface area contributed by atoms with E-state index in [1.165, 1.54) is 12.1 Å². The van der Waals surface area contributed by atoms with Crippen molar-refractivity contribution in [2.24, 2.45) is 0 Å². The molecule has 0 heterocycles. The SMILES string of the molecule is COc1cc(Br)ccc1C(O)Cc1ccc([N+](=O)[O-])cc1. The number of hydrogen-bond donors (Lipinski definition) is 1. The van der Waals surface area contributed by atoms with E-state index in [4.69, 9.17) is 4.74 Å². The molecular formula is C15H14BrNO4. The summed E-state index contributed by atoms with van der Waals surface area (Å²) in [5, 5.41) is 20.9. The van der Waals surface area contributed by atoms with Gasteiger partial charge in [0, 0.05) is 28.6 Å². The highest BCUT2D eigenvalue weighted by molar-refractivity contribution is 9.10. The zero-order valence-electron chi connectivity index (χ0n) is 11.3. The van der Waals surface area contributed by atoms with Gasteiger partial charge in [0.15, 0.2) is 0 Å². The lowest BCUT2D eigenvalue weighted by Crippen LogP contribution is -2.04. The Morgan fingerprint density at radius 2 is 1.95 bits per heavy atom. The minimum absolute atomic E-state index is 0.0365. The van der Waals surface area contributed by atoms with Gasteiger partial charge in [-0.2, -0.15) is 0 Å². The van der Waals surface area contributed by atoms with Crippen molar-refractivity contribution < 1.29 is 14.8 Å². The second kappa shape index (κ2) is 6.69. The van der Waals surface area contributed by atoms with Gasteiger partial charge >= 0.3 is 0 Å². The molecule has 0 amide bonds. The molecule has 0 spiro atoms. The maximum atomic E-state index is 10.6. The van der Waals surface area contributed by atoms with Crippen molar-refractivity contribution in [2.45, 2.75) is 12.5 Å². The number of benzene rings is 2. The van der Waals surface area contributed by atoms with Crippen LogP contribution in [0.15, 0.2) is 46.9 Å². The number of non-ortho nitro benzene ring substituents is 1. The number of methoxy groups -OCH3 is 1. The van der Waals surface area contributed by atoms with Crippen LogP contribution in [0.5, 0.6) is 5.75 Å². The van der Waals surface area contributed by atoms with Crippen molar-refractivity contribution in [2.75, 3.05) is 7.11 Å². The van der Waals surface area contributed by atoms with Crippen LogP contribution >= 0.6 is 15.9 Å². The van der Waals surface area contributed by atoms with Crippen LogP contribution in [0.1, 0.15) is 17.2 Å². The quantitative estimate of drug-likeness (QED) is 0.659. The van der Waals surface area contributed by atoms with Gasteiger partial charge in [0.1, 0.15) is 5.75 Å². The van der Waals surface area contributed by atoms with Crippen LogP contribution in [0.3, 0.4) is 0 Å². The van der Waals surface area contributed by atoms with E-state index in [1.807, 2.05) is 6.07 Å². The second-order valence-corrected chi connectivity index (χ2v) is 5.45. The van der Waals surface area contributed by atoms with E-state index in [-0.39, 0.29) is 5.69 Å². The van der Waals surface area contributed by atoms with Crippen molar-refractivity contribution in [1.29, 1.82) is 0 Å². The van der Waals surface area contributed by atoms with Crippen molar-refractivity contribution in [3.63, 3.8) is 0 Å². The number of nitrogens with zero attached hydrogens (tertiary/aromatic N) is 1. The third-order valence-corrected chi connectivity index (χ3v) is 3.62. The first kappa shape index (κ1) is 15.5. The molecule has 0 fully saturated rings. The normalized spacial score (nSPS) is 12.0. The summed E-state index contributed by atoms with van der Waals surface area (Å²) in [6.45, 7) is 0. The van der Waals surface area contributed by atoms with Gasteiger partial charge in [-0.3, -0.25) is 10.1 Å². The molecule has 2 aromatic carbocycles. The molecule has 0 aliphatic rings. The van der Waals surface area contributed by atoms with Gasteiger partial charge in [0.05, 0.1) is 18.1 Å². The van der Waals surface area contributed by atoms with E-state index in [0.29, 0.717) is 17.7 Å². The summed E-state index contributed by atoms with van der Waals surface area (Å²) < 4.78 is 6.12. The number of halogens is 1. The van der Waals surface area contributed by atoms with E-state index in [2.05, 4.69) is 15.9 Å². The highest BCUT2D eigenvalue weighted by Crippen LogP contribution is 2.30. The molecule has 0 aliphatic heterocycles. The highest BCUT2D eigenvalue weighted by Gasteiger charge is 2.15. The molecule has 1 N–H and O–H groups in total. The van der Waals surface area contributed by atoms with Gasteiger partial charge in [-0.1, -0.05) is 34.1 Å². The van der Waals surface area contributed by atoms with E-state index in [1.54, 1.807) is 31.4 Å². The smallest absolute Gasteiger partial charge is 0.269 e. The van der Waals surface area contributed by atoms with Crippen LogP contribution in [0.4, 0.5) is 5.69 Å². The molecule has 0 saturated carbocycles. The number of ether oxygens (including phenoxy) is 1. The first-order chi connectivity index (χ1) is 10.0. The highest BCUT2D eigenvalue weighted by atomic mass is 79.9. The summed E-state index contributed by atoms with van der Waals surface area (Å²) >= 11 is 3.35. The van der Waals surface area contributed by atoms with Gasteiger partial charge < -0.3 is 9.84 Å². The van der Waals surface area contributed by atoms with Crippen LogP contribution in [-0.4, -0.2) is 17.1 Å². The summed E-state index contributed by atoms with van der Waals surface area (Å²) in [6.07, 6.45) is -0.384. The summed E-state index contributed by atoms with van der Waals surface area (Å²) in [7, 11) is 1.55. The maximum absolute atomic E-state index is 10.6. The lowest BCUT2D eigenvalue weighted by molar-refractivity contribution is -0.384. The average molecular weight is 352 g/mol. The van der Waals surface area contributed by atoms with Gasteiger partial charge in [0.2, 0.25) is 0 Å². The van der Waals surface area contributed by atoms with E-state index in [9.17, 15) is 15.2 Å². The average Bonchev–Trinajstić information content (AvgIpc) is 2.47. The number of hydrogen-bond acceptors (Lipinski definition) is 4. The molecule has 2 rings (SSSR count). The van der Waals surface area contributed by atoms with Crippen molar-refractivity contribution in [1.82, 2.24) is 0 Å². The molecule has 21 heavy (non-hydrogen) atoms. The lowest BCUT2D eigenvalue weighted by Gasteiger charge is -2.15. The molecule has 0 saturated heterocycles. The Kier molecular flexibility index (Phi) is 4.93. The number of nitro groups is 1. The molecule has 0 aromatic heterocycles. The summed E-state index contributed by atoms with van der Waals surface area (Å²) in [4.78, 5) is 10.2. The minimum atomic E-state index is -0.741. The Morgan fingerprint density at radius 1 is 1.29 bits per heavy atom. The largest absolute Gasteiger partial charge is 0.496 e. The summed E-state index contributed by atoms with van der Waals surface area (Å²) in [5.41, 5.74) is 1.53. The number of aliphatic hydroxyl groups excluding tert-OH is 1. The number of rotatable bonds is 5. The van der Waals surface area contributed by atoms with Gasteiger partial charge in [-0.25, -0.2) is 0 Å². The van der Waals surface area contributed by atoms with Crippen LogP contribution in [0.2, 0.25) is 0 Å². The predicted molar refractivity (Wildman–Crippen MR) is 82.5 cm³/mol. The van der Waals surface area contributed by atoms with Gasteiger partial charge in [-0.15, -0.1) is 0 Å². The zero-order valence-corrected chi connectivity index (χ0v) is 12.9. The fourth-order valence-corrected chi connectivity index (χ4v) is 2.39. The molecule has 1 atom stereocenters. The molecule has 5 nitrogen and oxygen atoms in total. The van der Waals surface area contributed by atoms with E-state index >= 15 is 0 Å². The monoisotopic (exact) mass is 351 g/mol. The van der Waals surface area contributed by atoms with Crippen LogP contribution < -0.4 is 4.74 Å². The Labute approximate surface area is 130 Å². The Bertz CT molecular complexity index is 643. The standard InChI is InChI=1S/C15H14BrNO4/c1-21-15-9-11(16)4-7-13(15)14(18)8-10-2-5-12(6-3-10)17(19)20/h2-7,9,14,18H,8H2,1H3. The van der Waals surface area contributed by atoms with Crippen LogP contribution in [0, 0.1) is 10.1 Å². The summed E-state index contributed by atoms with van der Waals surface area (Å²) in [6, 6.07) is 11.6. The Hall–Kier alpha value is -1.92. The molecule has 6 heteroatoms. The minimum Gasteiger partial charge on any atom is -0.496 e. The fraction of sp³-hybridized carbons (Fsp3) is 0.200. The van der Waals surface area contributed by atoms with Crippen molar-refractivity contribution in [3.05, 3.63) is 68.2 Å². The molecule has 0 bridgehead atoms. The third-order valence-electron chi connectivity index (χ3n) is 3.13. The van der Waals surface area contributed by atoms with Crippen LogP contribution in [-0.2, 0) is 6.42 Å². The molecule has 110 valence electrons. The molecule has 2 aromatic rings. The van der Waals surface area contributed by atoms with E-state index in [0.717, 1.165) is 10.0 Å².